The Kier molecular flexibility index (Phi) is 5.69. The lowest BCUT2D eigenvalue weighted by atomic mass is 9.90. The van der Waals surface area contributed by atoms with Crippen molar-refractivity contribution in [2.45, 2.75) is 25.9 Å². The number of nitrogens with one attached hydrogen (secondary N) is 1. The molecule has 0 fully saturated rings. The summed E-state index contributed by atoms with van der Waals surface area (Å²) in [6.07, 6.45) is -2.18. The van der Waals surface area contributed by atoms with Crippen LogP contribution in [0.1, 0.15) is 28.5 Å². The zero-order valence-electron chi connectivity index (χ0n) is 14.7. The molecule has 1 aromatic carbocycles. The van der Waals surface area contributed by atoms with Crippen LogP contribution in [0.4, 0.5) is 14.6 Å². The van der Waals surface area contributed by atoms with E-state index < -0.39 is 29.4 Å². The quantitative estimate of drug-likeness (QED) is 0.582. The number of hydrogen-bond acceptors (Lipinski definition) is 6. The first-order chi connectivity index (χ1) is 12.6. The maximum Gasteiger partial charge on any atom is 0.280 e. The number of benzene rings is 1. The number of halogens is 2. The highest BCUT2D eigenvalue weighted by Gasteiger charge is 2.46. The van der Waals surface area contributed by atoms with E-state index in [-0.39, 0.29) is 22.8 Å². The molecule has 0 aliphatic rings. The van der Waals surface area contributed by atoms with Crippen LogP contribution in [0.25, 0.3) is 11.3 Å². The lowest BCUT2D eigenvalue weighted by Crippen LogP contribution is -2.47. The van der Waals surface area contributed by atoms with Gasteiger partial charge in [-0.15, -0.1) is 0 Å². The van der Waals surface area contributed by atoms with E-state index in [0.717, 1.165) is 6.07 Å². The van der Waals surface area contributed by atoms with E-state index in [1.807, 2.05) is 0 Å². The second kappa shape index (κ2) is 7.62. The Hall–Kier alpha value is -3.14. The smallest absolute Gasteiger partial charge is 0.280 e. The minimum atomic E-state index is -3.44. The number of nitrogens with zero attached hydrogens (tertiary/aromatic N) is 2. The number of anilines is 1. The fraction of sp³-hybridized carbons (Fsp3) is 0.294. The molecule has 1 unspecified atom stereocenters. The Morgan fingerprint density at radius 3 is 2.59 bits per heavy atom. The monoisotopic (exact) mass is 379 g/mol. The summed E-state index contributed by atoms with van der Waals surface area (Å²) < 4.78 is 26.6. The topological polar surface area (TPSA) is 144 Å². The third-order valence-corrected chi connectivity index (χ3v) is 4.00. The summed E-state index contributed by atoms with van der Waals surface area (Å²) in [5.41, 5.74) is 8.00. The molecule has 1 atom stereocenters. The van der Waals surface area contributed by atoms with Gasteiger partial charge in [0.2, 0.25) is 5.60 Å². The summed E-state index contributed by atoms with van der Waals surface area (Å²) in [7, 11) is 0. The number of aryl methyl sites for hydroxylation is 1. The number of primary amides is 1. The second-order valence-corrected chi connectivity index (χ2v) is 5.81. The standard InChI is InChI=1S/C17H19F2N5O3/c1-3-22-14(25)12-13(20)23-7-11(24-12)10-6-9(5-4-8(10)2)17(27,15(18)19)16(21)26/h4-7,15,27H,3H2,1-2H3,(H2,20,23)(H2,21,26)(H,22,25). The van der Waals surface area contributed by atoms with Crippen LogP contribution in [0.2, 0.25) is 0 Å². The lowest BCUT2D eigenvalue weighted by Gasteiger charge is -2.25. The first-order valence-electron chi connectivity index (χ1n) is 7.95. The van der Waals surface area contributed by atoms with Gasteiger partial charge >= 0.3 is 0 Å². The molecular weight excluding hydrogens is 360 g/mol. The van der Waals surface area contributed by atoms with Crippen LogP contribution in [0.15, 0.2) is 24.4 Å². The van der Waals surface area contributed by atoms with E-state index in [1.165, 1.54) is 18.3 Å². The molecule has 2 aromatic rings. The highest BCUT2D eigenvalue weighted by Crippen LogP contribution is 2.32. The van der Waals surface area contributed by atoms with Crippen LogP contribution in [0.5, 0.6) is 0 Å². The van der Waals surface area contributed by atoms with E-state index >= 15 is 0 Å². The van der Waals surface area contributed by atoms with Gasteiger partial charge < -0.3 is 21.9 Å². The Balaban J connectivity index is 2.62. The van der Waals surface area contributed by atoms with Crippen molar-refractivity contribution in [1.82, 2.24) is 15.3 Å². The van der Waals surface area contributed by atoms with Gasteiger partial charge in [-0.3, -0.25) is 9.59 Å². The summed E-state index contributed by atoms with van der Waals surface area (Å²) in [5, 5.41) is 12.7. The molecular formula is C17H19F2N5O3. The molecule has 0 aliphatic heterocycles. The average molecular weight is 379 g/mol. The van der Waals surface area contributed by atoms with Gasteiger partial charge in [0.15, 0.2) is 11.5 Å². The summed E-state index contributed by atoms with van der Waals surface area (Å²) in [6.45, 7) is 3.72. The van der Waals surface area contributed by atoms with E-state index in [0.29, 0.717) is 12.1 Å². The zero-order valence-corrected chi connectivity index (χ0v) is 14.7. The average Bonchev–Trinajstić information content (AvgIpc) is 2.61. The van der Waals surface area contributed by atoms with Crippen LogP contribution >= 0.6 is 0 Å². The number of carbonyl (C=O) groups excluding carboxylic acids is 2. The third kappa shape index (κ3) is 3.70. The number of amides is 2. The Bertz CT molecular complexity index is 891. The molecule has 0 saturated carbocycles. The molecule has 0 saturated heterocycles. The van der Waals surface area contributed by atoms with Crippen molar-refractivity contribution >= 4 is 17.6 Å². The number of nitrogens with two attached hydrogens (primary N) is 2. The summed E-state index contributed by atoms with van der Waals surface area (Å²) in [5.74, 6) is -2.22. The van der Waals surface area contributed by atoms with Crippen LogP contribution in [-0.2, 0) is 10.4 Å². The predicted octanol–water partition coefficient (Wildman–Crippen LogP) is 0.722. The van der Waals surface area contributed by atoms with E-state index in [4.69, 9.17) is 11.5 Å². The van der Waals surface area contributed by atoms with Crippen molar-refractivity contribution in [3.05, 3.63) is 41.2 Å². The second-order valence-electron chi connectivity index (χ2n) is 5.81. The molecule has 2 amide bonds. The maximum atomic E-state index is 13.3. The van der Waals surface area contributed by atoms with Crippen LogP contribution < -0.4 is 16.8 Å². The molecule has 8 nitrogen and oxygen atoms in total. The zero-order chi connectivity index (χ0) is 20.4. The Morgan fingerprint density at radius 2 is 2.04 bits per heavy atom. The van der Waals surface area contributed by atoms with Crippen molar-refractivity contribution < 1.29 is 23.5 Å². The van der Waals surface area contributed by atoms with Gasteiger partial charge in [0.1, 0.15) is 0 Å². The van der Waals surface area contributed by atoms with Crippen LogP contribution in [0.3, 0.4) is 0 Å². The van der Waals surface area contributed by atoms with Crippen molar-refractivity contribution in [3.63, 3.8) is 0 Å². The molecule has 0 bridgehead atoms. The number of alkyl halides is 2. The predicted molar refractivity (Wildman–Crippen MR) is 93.7 cm³/mol. The number of rotatable bonds is 6. The van der Waals surface area contributed by atoms with Gasteiger partial charge in [-0.2, -0.15) is 0 Å². The summed E-state index contributed by atoms with van der Waals surface area (Å²) in [6, 6.07) is 3.75. The Labute approximate surface area is 153 Å². The van der Waals surface area contributed by atoms with Gasteiger partial charge in [0.25, 0.3) is 18.2 Å². The van der Waals surface area contributed by atoms with Crippen molar-refractivity contribution in [2.24, 2.45) is 5.73 Å². The van der Waals surface area contributed by atoms with Gasteiger partial charge in [-0.1, -0.05) is 12.1 Å². The van der Waals surface area contributed by atoms with Gasteiger partial charge in [0.05, 0.1) is 11.9 Å². The molecule has 1 heterocycles. The molecule has 0 radical (unpaired) electrons. The van der Waals surface area contributed by atoms with Crippen molar-refractivity contribution in [2.75, 3.05) is 12.3 Å². The number of hydrogen-bond donors (Lipinski definition) is 4. The SMILES string of the molecule is CCNC(=O)c1nc(-c2cc(C(O)(C(N)=O)C(F)F)ccc2C)cnc1N. The fourth-order valence-electron chi connectivity index (χ4n) is 2.45. The number of nitrogen functional groups attached to an aromatic ring is 1. The van der Waals surface area contributed by atoms with Crippen molar-refractivity contribution in [3.8, 4) is 11.3 Å². The third-order valence-electron chi connectivity index (χ3n) is 4.00. The lowest BCUT2D eigenvalue weighted by molar-refractivity contribution is -0.156. The summed E-state index contributed by atoms with van der Waals surface area (Å²) >= 11 is 0. The molecule has 2 rings (SSSR count). The first-order valence-corrected chi connectivity index (χ1v) is 7.95. The highest BCUT2D eigenvalue weighted by molar-refractivity contribution is 5.96. The van der Waals surface area contributed by atoms with Crippen LogP contribution in [0, 0.1) is 6.92 Å². The van der Waals surface area contributed by atoms with Gasteiger partial charge in [-0.05, 0) is 31.0 Å². The minimum absolute atomic E-state index is 0.0975. The molecule has 10 heteroatoms. The number of carbonyl (C=O) groups is 2. The molecule has 0 aliphatic carbocycles. The maximum absolute atomic E-state index is 13.3. The fourth-order valence-corrected chi connectivity index (χ4v) is 2.45. The first kappa shape index (κ1) is 20.2. The van der Waals surface area contributed by atoms with Crippen molar-refractivity contribution in [1.29, 1.82) is 0 Å². The number of aliphatic hydroxyl groups is 1. The highest BCUT2D eigenvalue weighted by atomic mass is 19.3. The Morgan fingerprint density at radius 1 is 1.37 bits per heavy atom. The molecule has 0 spiro atoms. The molecule has 6 N–H and O–H groups in total. The van der Waals surface area contributed by atoms with Crippen LogP contribution in [-0.4, -0.2) is 39.9 Å². The largest absolute Gasteiger partial charge is 0.382 e. The molecule has 27 heavy (non-hydrogen) atoms. The van der Waals surface area contributed by atoms with E-state index in [9.17, 15) is 23.5 Å². The van der Waals surface area contributed by atoms with E-state index in [2.05, 4.69) is 15.3 Å². The van der Waals surface area contributed by atoms with E-state index in [1.54, 1.807) is 13.8 Å². The van der Waals surface area contributed by atoms with Gasteiger partial charge in [0, 0.05) is 12.1 Å². The molecule has 1 aromatic heterocycles. The minimum Gasteiger partial charge on any atom is -0.382 e. The normalized spacial score (nSPS) is 13.3. The van der Waals surface area contributed by atoms with Gasteiger partial charge in [-0.25, -0.2) is 18.7 Å². The molecule has 144 valence electrons. The number of aromatic nitrogens is 2. The summed E-state index contributed by atoms with van der Waals surface area (Å²) in [4.78, 5) is 31.6.